The highest BCUT2D eigenvalue weighted by molar-refractivity contribution is 5.76. The maximum absolute atomic E-state index is 13.6. The average Bonchev–Trinajstić information content (AvgIpc) is 0.756. The van der Waals surface area contributed by atoms with Gasteiger partial charge in [-0.3, -0.25) is 14.4 Å². The van der Waals surface area contributed by atoms with E-state index in [1.165, 1.54) is 116 Å². The smallest absolute Gasteiger partial charge is 0.220 e. The van der Waals surface area contributed by atoms with Crippen LogP contribution in [0.1, 0.15) is 214 Å². The second kappa shape index (κ2) is 55.1. The van der Waals surface area contributed by atoms with E-state index in [0.29, 0.717) is 12.8 Å². The molecule has 14 unspecified atom stereocenters. The van der Waals surface area contributed by atoms with Crippen molar-refractivity contribution in [3.63, 3.8) is 0 Å². The van der Waals surface area contributed by atoms with Crippen LogP contribution in [0.2, 0.25) is 0 Å². The molecule has 7 heterocycles. The van der Waals surface area contributed by atoms with Gasteiger partial charge < -0.3 is 184 Å². The van der Waals surface area contributed by atoms with E-state index in [-0.39, 0.29) is 12.3 Å². The minimum atomic E-state index is -2.35. The molecule has 0 aliphatic carbocycles. The molecular formula is C82H147N3O37. The van der Waals surface area contributed by atoms with Crippen molar-refractivity contribution in [2.75, 3.05) is 46.2 Å². The van der Waals surface area contributed by atoms with Gasteiger partial charge in [-0.05, 0) is 26.2 Å². The molecule has 712 valence electrons. The van der Waals surface area contributed by atoms with Crippen LogP contribution < -0.4 is 16.0 Å². The molecule has 37 atom stereocenters. The second-order valence-corrected chi connectivity index (χ2v) is 33.4. The number of aliphatic hydroxyl groups is 20. The van der Waals surface area contributed by atoms with Crippen LogP contribution in [0.5, 0.6) is 0 Å². The highest BCUT2D eigenvalue weighted by Gasteiger charge is 2.60. The first kappa shape index (κ1) is 106. The van der Waals surface area contributed by atoms with E-state index in [1.807, 2.05) is 6.08 Å². The van der Waals surface area contributed by atoms with Gasteiger partial charge >= 0.3 is 0 Å². The molecule has 40 heteroatoms. The normalized spacial score (nSPS) is 38.9. The molecule has 0 saturated carbocycles. The number of rotatable bonds is 54. The SMILES string of the molecule is CCCCCCCCCCCCC/C=C/[C@@H](O)[C@H](CO[C@@H]1OC(CO)[C@@H](O[C@@H]2OC(CO)[C@H](O)[C@H](O[C@@H]3OC(CO)[C@@H](O[C@@H]4OC(CO)[C@H](O)[C@H](O[C@@H]5OC(CO)[C@@H](O[C@@H]6OC(CO)[C@H](O)[C@H](O)C6O)[C@H](O)C5NC(C)=O)C4O)[C@H](O[C@H]4OC(C)[C@@H](O)C(O)[C@@H]4O)C3NC(C)=O)C2O)[C@H](O)C1O)NC(=O)CCCCCCCCCCCCCCCCC. The van der Waals surface area contributed by atoms with Crippen molar-refractivity contribution in [3.05, 3.63) is 12.2 Å². The van der Waals surface area contributed by atoms with Gasteiger partial charge in [0, 0.05) is 20.3 Å². The molecule has 3 amide bonds. The maximum Gasteiger partial charge on any atom is 0.220 e. The summed E-state index contributed by atoms with van der Waals surface area (Å²) in [5.74, 6) is -2.18. The summed E-state index contributed by atoms with van der Waals surface area (Å²) in [6, 6.07) is -4.88. The molecule has 7 aliphatic heterocycles. The Hall–Kier alpha value is -3.21. The van der Waals surface area contributed by atoms with Gasteiger partial charge in [0.25, 0.3) is 0 Å². The van der Waals surface area contributed by atoms with Crippen molar-refractivity contribution in [1.29, 1.82) is 0 Å². The largest absolute Gasteiger partial charge is 0.394 e. The third-order valence-electron chi connectivity index (χ3n) is 23.8. The van der Waals surface area contributed by atoms with E-state index < -0.39 is 285 Å². The van der Waals surface area contributed by atoms with Crippen LogP contribution in [0.15, 0.2) is 12.2 Å². The molecule has 7 saturated heterocycles. The van der Waals surface area contributed by atoms with E-state index in [2.05, 4.69) is 29.8 Å². The number of allylic oxidation sites excluding steroid dienone is 1. The summed E-state index contributed by atoms with van der Waals surface area (Å²) in [6.45, 7) is 0.914. The Morgan fingerprint density at radius 3 is 1.12 bits per heavy atom. The fourth-order valence-corrected chi connectivity index (χ4v) is 16.5. The maximum atomic E-state index is 13.6. The number of nitrogens with one attached hydrogen (secondary N) is 3. The fraction of sp³-hybridized carbons (Fsp3) is 0.939. The molecule has 0 spiro atoms. The number of unbranched alkanes of at least 4 members (excludes halogenated alkanes) is 25. The summed E-state index contributed by atoms with van der Waals surface area (Å²) >= 11 is 0. The molecule has 23 N–H and O–H groups in total. The number of carbonyl (C=O) groups is 3. The van der Waals surface area contributed by atoms with Gasteiger partial charge in [-0.15, -0.1) is 0 Å². The van der Waals surface area contributed by atoms with E-state index >= 15 is 0 Å². The Balaban J connectivity index is 1.06. The Labute approximate surface area is 713 Å². The lowest BCUT2D eigenvalue weighted by Gasteiger charge is -2.52. The van der Waals surface area contributed by atoms with Crippen LogP contribution in [0.3, 0.4) is 0 Å². The minimum Gasteiger partial charge on any atom is -0.394 e. The lowest BCUT2D eigenvalue weighted by atomic mass is 9.93. The number of ether oxygens (including phenoxy) is 14. The van der Waals surface area contributed by atoms with E-state index in [1.54, 1.807) is 6.08 Å². The predicted octanol–water partition coefficient (Wildman–Crippen LogP) is -3.57. The van der Waals surface area contributed by atoms with Crippen LogP contribution in [0.25, 0.3) is 0 Å². The summed E-state index contributed by atoms with van der Waals surface area (Å²) in [5, 5.41) is 232. The number of hydrogen-bond donors (Lipinski definition) is 23. The summed E-state index contributed by atoms with van der Waals surface area (Å²) in [7, 11) is 0. The zero-order valence-electron chi connectivity index (χ0n) is 71.1. The van der Waals surface area contributed by atoms with Crippen LogP contribution >= 0.6 is 0 Å². The van der Waals surface area contributed by atoms with Crippen molar-refractivity contribution < 1.29 is 183 Å². The molecule has 40 nitrogen and oxygen atoms in total. The third-order valence-corrected chi connectivity index (χ3v) is 23.8. The minimum absolute atomic E-state index is 0.153. The van der Waals surface area contributed by atoms with Crippen LogP contribution in [0, 0.1) is 0 Å². The second-order valence-electron chi connectivity index (χ2n) is 33.4. The van der Waals surface area contributed by atoms with Gasteiger partial charge in [-0.2, -0.15) is 0 Å². The Bertz CT molecular complexity index is 2910. The fourth-order valence-electron chi connectivity index (χ4n) is 16.5. The predicted molar refractivity (Wildman–Crippen MR) is 425 cm³/mol. The number of hydrogen-bond acceptors (Lipinski definition) is 37. The summed E-state index contributed by atoms with van der Waals surface area (Å²) < 4.78 is 84.4. The Morgan fingerprint density at radius 2 is 0.672 bits per heavy atom. The van der Waals surface area contributed by atoms with Gasteiger partial charge in [0.05, 0.1) is 64.5 Å². The highest BCUT2D eigenvalue weighted by atomic mass is 16.8. The molecule has 0 bridgehead atoms. The van der Waals surface area contributed by atoms with Gasteiger partial charge in [-0.25, -0.2) is 0 Å². The first-order valence-corrected chi connectivity index (χ1v) is 44.3. The van der Waals surface area contributed by atoms with E-state index in [4.69, 9.17) is 66.3 Å². The quantitative estimate of drug-likeness (QED) is 0.0207. The topological polar surface area (TPSA) is 621 Å². The average molecular weight is 1770 g/mol. The molecule has 0 aromatic rings. The molecular weight excluding hydrogens is 1620 g/mol. The number of aliphatic hydroxyl groups excluding tert-OH is 20. The van der Waals surface area contributed by atoms with Gasteiger partial charge in [0.2, 0.25) is 17.7 Å². The zero-order chi connectivity index (χ0) is 89.3. The third kappa shape index (κ3) is 30.7. The van der Waals surface area contributed by atoms with Gasteiger partial charge in [0.1, 0.15) is 165 Å². The zero-order valence-corrected chi connectivity index (χ0v) is 71.1. The molecule has 0 aromatic heterocycles. The molecule has 0 radical (unpaired) electrons. The van der Waals surface area contributed by atoms with E-state index in [0.717, 1.165) is 65.2 Å². The molecule has 122 heavy (non-hydrogen) atoms. The molecule has 7 aliphatic rings. The van der Waals surface area contributed by atoms with Crippen molar-refractivity contribution >= 4 is 17.7 Å². The van der Waals surface area contributed by atoms with Gasteiger partial charge in [-0.1, -0.05) is 180 Å². The molecule has 7 fully saturated rings. The lowest BCUT2D eigenvalue weighted by molar-refractivity contribution is -0.397. The number of carbonyl (C=O) groups excluding carboxylic acids is 3. The number of amides is 3. The first-order chi connectivity index (χ1) is 58.5. The summed E-state index contributed by atoms with van der Waals surface area (Å²) in [5.41, 5.74) is 0. The molecule has 7 rings (SSSR count). The van der Waals surface area contributed by atoms with Crippen molar-refractivity contribution in [1.82, 2.24) is 16.0 Å². The highest BCUT2D eigenvalue weighted by Crippen LogP contribution is 2.40. The van der Waals surface area contributed by atoms with Crippen LogP contribution in [-0.4, -0.2) is 393 Å². The first-order valence-electron chi connectivity index (χ1n) is 44.3. The lowest BCUT2D eigenvalue weighted by Crippen LogP contribution is -2.72. The Kier molecular flexibility index (Phi) is 47.8. The Morgan fingerprint density at radius 1 is 0.336 bits per heavy atom. The monoisotopic (exact) mass is 1770 g/mol. The summed E-state index contributed by atoms with van der Waals surface area (Å²) in [6.07, 6.45) is -32.3. The summed E-state index contributed by atoms with van der Waals surface area (Å²) in [4.78, 5) is 40.0. The standard InChI is InChI=1S/C82H147N3O37/c1-6-8-10-12-14-16-18-20-21-23-25-27-29-31-33-35-54(95)85-46(47(94)34-32-30-28-26-24-22-19-17-15-13-11-9-7-2)42-109-78-67(106)64(103)71(52(40-90)116-78)118-81-68(107)75(60(99)49(37-87)112-81)122-77-56(84-45(5)93)73(120-79-65(104)62(101)57(96)43(3)110-79)72(53(41-91)115-77)119-82-69(108)74(59(98)50(38-88)113-82)121-76-55(83-44(4)92)61(100)70(51(39-89)114-76)117-80-66(105)63(102)58(97)48(36-86)111-80/h32,34,43,46-53,55-82,86-91,94,96-108H,6-31,33,35-42H2,1-5H3,(H,83,92)(H,84,93)(H,85,95)/b34-32+/t43?,46-,47+,48?,49?,50?,51?,52?,53?,55?,56?,57+,58-,59-,60-,61+,62?,63-,64+,65-,66?,67?,68?,69?,70+,71+,72+,73+,74-,75-,76-,77-,78+,79+,80-,81-,82-/m0/s1. The van der Waals surface area contributed by atoms with Crippen molar-refractivity contribution in [2.24, 2.45) is 0 Å². The van der Waals surface area contributed by atoms with Crippen LogP contribution in [0.4, 0.5) is 0 Å². The van der Waals surface area contributed by atoms with Crippen molar-refractivity contribution in [2.45, 2.75) is 441 Å². The van der Waals surface area contributed by atoms with Crippen LogP contribution in [-0.2, 0) is 80.7 Å². The van der Waals surface area contributed by atoms with Gasteiger partial charge in [0.15, 0.2) is 44.0 Å². The van der Waals surface area contributed by atoms with E-state index in [9.17, 15) is 117 Å². The van der Waals surface area contributed by atoms with Crippen molar-refractivity contribution in [3.8, 4) is 0 Å². The molecule has 0 aromatic carbocycles.